The summed E-state index contributed by atoms with van der Waals surface area (Å²) in [5, 5.41) is 0. The van der Waals surface area contributed by atoms with Crippen molar-refractivity contribution < 1.29 is 4.74 Å². The molecular formula is C8H13NO. The summed E-state index contributed by atoms with van der Waals surface area (Å²) in [5.41, 5.74) is -0.325. The van der Waals surface area contributed by atoms with Gasteiger partial charge in [0.1, 0.15) is 0 Å². The first kappa shape index (κ1) is 7.48. The van der Waals surface area contributed by atoms with E-state index in [0.29, 0.717) is 0 Å². The predicted octanol–water partition coefficient (Wildman–Crippen LogP) is 1.77. The van der Waals surface area contributed by atoms with E-state index in [0.717, 1.165) is 12.8 Å². The van der Waals surface area contributed by atoms with E-state index in [2.05, 4.69) is 11.9 Å². The zero-order chi connectivity index (χ0) is 7.45. The largest absolute Gasteiger partial charge is 0.353 e. The Bertz CT molecular complexity index is 149. The Balaban J connectivity index is 2.60. The third kappa shape index (κ3) is 1.27. The Morgan fingerprint density at radius 1 is 1.60 bits per heavy atom. The van der Waals surface area contributed by atoms with Gasteiger partial charge in [-0.25, -0.2) is 0 Å². The molecule has 2 heteroatoms. The molecule has 10 heavy (non-hydrogen) atoms. The van der Waals surface area contributed by atoms with Gasteiger partial charge in [0.05, 0.1) is 0 Å². The molecule has 56 valence electrons. The summed E-state index contributed by atoms with van der Waals surface area (Å²) in [6.07, 6.45) is 7.78. The molecule has 0 bridgehead atoms. The van der Waals surface area contributed by atoms with E-state index in [1.165, 1.54) is 0 Å². The van der Waals surface area contributed by atoms with Crippen LogP contribution in [-0.4, -0.2) is 19.0 Å². The van der Waals surface area contributed by atoms with Crippen LogP contribution in [0.4, 0.5) is 0 Å². The quantitative estimate of drug-likeness (QED) is 0.584. The highest BCUT2D eigenvalue weighted by Gasteiger charge is 2.25. The minimum Gasteiger partial charge on any atom is -0.353 e. The minimum atomic E-state index is -0.325. The van der Waals surface area contributed by atoms with Crippen molar-refractivity contribution in [2.24, 2.45) is 4.99 Å². The molecule has 0 radical (unpaired) electrons. The van der Waals surface area contributed by atoms with Crippen LogP contribution in [0.15, 0.2) is 17.1 Å². The Labute approximate surface area is 61.6 Å². The molecule has 0 amide bonds. The first-order valence-corrected chi connectivity index (χ1v) is 3.61. The lowest BCUT2D eigenvalue weighted by Crippen LogP contribution is -2.23. The molecule has 0 N–H and O–H groups in total. The highest BCUT2D eigenvalue weighted by molar-refractivity contribution is 5.74. The molecule has 0 saturated heterocycles. The lowest BCUT2D eigenvalue weighted by molar-refractivity contribution is 0.0349. The summed E-state index contributed by atoms with van der Waals surface area (Å²) in [4.78, 5) is 4.22. The molecule has 0 aromatic carbocycles. The van der Waals surface area contributed by atoms with E-state index in [1.54, 1.807) is 13.3 Å². The van der Waals surface area contributed by atoms with Crippen molar-refractivity contribution in [2.45, 2.75) is 25.5 Å². The smallest absolute Gasteiger partial charge is 0.177 e. The highest BCUT2D eigenvalue weighted by atomic mass is 16.5. The van der Waals surface area contributed by atoms with Gasteiger partial charge in [-0.1, -0.05) is 13.3 Å². The van der Waals surface area contributed by atoms with Gasteiger partial charge < -0.3 is 4.74 Å². The summed E-state index contributed by atoms with van der Waals surface area (Å²) < 4.78 is 5.25. The monoisotopic (exact) mass is 139 g/mol. The van der Waals surface area contributed by atoms with Crippen LogP contribution >= 0.6 is 0 Å². The molecule has 0 fully saturated rings. The second-order valence-electron chi connectivity index (χ2n) is 2.44. The normalized spacial score (nSPS) is 29.8. The van der Waals surface area contributed by atoms with Crippen molar-refractivity contribution in [2.75, 3.05) is 7.11 Å². The van der Waals surface area contributed by atoms with Crippen LogP contribution in [0.1, 0.15) is 19.8 Å². The third-order valence-electron chi connectivity index (χ3n) is 1.70. The minimum absolute atomic E-state index is 0.325. The van der Waals surface area contributed by atoms with E-state index < -0.39 is 0 Å². The van der Waals surface area contributed by atoms with E-state index >= 15 is 0 Å². The Hall–Kier alpha value is -0.630. The molecule has 1 aliphatic heterocycles. The molecule has 1 rings (SSSR count). The summed E-state index contributed by atoms with van der Waals surface area (Å²) in [7, 11) is 1.70. The number of nitrogens with zero attached hydrogens (tertiary/aromatic N) is 1. The van der Waals surface area contributed by atoms with Gasteiger partial charge in [0, 0.05) is 19.7 Å². The lowest BCUT2D eigenvalue weighted by atomic mass is 10.1. The molecule has 0 spiro atoms. The van der Waals surface area contributed by atoms with Crippen LogP contribution in [0.2, 0.25) is 0 Å². The van der Waals surface area contributed by atoms with Gasteiger partial charge in [-0.2, -0.15) is 0 Å². The Morgan fingerprint density at radius 3 is 2.80 bits per heavy atom. The maximum Gasteiger partial charge on any atom is 0.177 e. The van der Waals surface area contributed by atoms with E-state index in [1.807, 2.05) is 12.2 Å². The standard InChI is InChI=1S/C8H13NO/c1-3-5-8(10-2)6-4-7-9-8/h4,6-7H,3,5H2,1-2H3. The zero-order valence-corrected chi connectivity index (χ0v) is 6.50. The van der Waals surface area contributed by atoms with Gasteiger partial charge in [-0.3, -0.25) is 4.99 Å². The fourth-order valence-electron chi connectivity index (χ4n) is 1.13. The zero-order valence-electron chi connectivity index (χ0n) is 6.50. The Kier molecular flexibility index (Phi) is 2.22. The molecule has 0 aromatic rings. The second-order valence-corrected chi connectivity index (χ2v) is 2.44. The van der Waals surface area contributed by atoms with Gasteiger partial charge in [-0.05, 0) is 12.2 Å². The van der Waals surface area contributed by atoms with Crippen molar-refractivity contribution in [1.82, 2.24) is 0 Å². The van der Waals surface area contributed by atoms with Gasteiger partial charge in [0.15, 0.2) is 5.72 Å². The number of hydrogen-bond donors (Lipinski definition) is 0. The number of allylic oxidation sites excluding steroid dienone is 1. The van der Waals surface area contributed by atoms with Crippen LogP contribution in [0.25, 0.3) is 0 Å². The van der Waals surface area contributed by atoms with Crippen molar-refractivity contribution >= 4 is 6.21 Å². The van der Waals surface area contributed by atoms with E-state index in [9.17, 15) is 0 Å². The van der Waals surface area contributed by atoms with Crippen LogP contribution in [0.5, 0.6) is 0 Å². The molecule has 0 aromatic heterocycles. The highest BCUT2D eigenvalue weighted by Crippen LogP contribution is 2.23. The number of hydrogen-bond acceptors (Lipinski definition) is 2. The number of aliphatic imine (C=N–C) groups is 1. The average Bonchev–Trinajstić information content (AvgIpc) is 2.39. The van der Waals surface area contributed by atoms with Crippen molar-refractivity contribution in [3.63, 3.8) is 0 Å². The fourth-order valence-corrected chi connectivity index (χ4v) is 1.13. The summed E-state index contributed by atoms with van der Waals surface area (Å²) in [5.74, 6) is 0. The van der Waals surface area contributed by atoms with E-state index in [4.69, 9.17) is 4.74 Å². The molecule has 0 aliphatic carbocycles. The molecule has 1 unspecified atom stereocenters. The van der Waals surface area contributed by atoms with Crippen LogP contribution in [0.3, 0.4) is 0 Å². The van der Waals surface area contributed by atoms with Crippen LogP contribution in [0, 0.1) is 0 Å². The van der Waals surface area contributed by atoms with Gasteiger partial charge >= 0.3 is 0 Å². The fraction of sp³-hybridized carbons (Fsp3) is 0.625. The van der Waals surface area contributed by atoms with Crippen LogP contribution in [-0.2, 0) is 4.74 Å². The van der Waals surface area contributed by atoms with Gasteiger partial charge in [0.25, 0.3) is 0 Å². The summed E-state index contributed by atoms with van der Waals surface area (Å²) in [6, 6.07) is 0. The van der Waals surface area contributed by atoms with Crippen LogP contribution < -0.4 is 0 Å². The topological polar surface area (TPSA) is 21.6 Å². The number of ether oxygens (including phenoxy) is 1. The molecule has 1 aliphatic rings. The third-order valence-corrected chi connectivity index (χ3v) is 1.70. The molecular weight excluding hydrogens is 126 g/mol. The lowest BCUT2D eigenvalue weighted by Gasteiger charge is -2.20. The maximum atomic E-state index is 5.25. The van der Waals surface area contributed by atoms with Crippen molar-refractivity contribution in [1.29, 1.82) is 0 Å². The first-order chi connectivity index (χ1) is 4.83. The number of methoxy groups -OCH3 is 1. The Morgan fingerprint density at radius 2 is 2.40 bits per heavy atom. The molecule has 1 atom stereocenters. The second kappa shape index (κ2) is 2.97. The maximum absolute atomic E-state index is 5.25. The molecule has 0 saturated carbocycles. The first-order valence-electron chi connectivity index (χ1n) is 3.61. The molecule has 2 nitrogen and oxygen atoms in total. The van der Waals surface area contributed by atoms with Crippen molar-refractivity contribution in [3.8, 4) is 0 Å². The molecule has 1 heterocycles. The van der Waals surface area contributed by atoms with Gasteiger partial charge in [-0.15, -0.1) is 0 Å². The predicted molar refractivity (Wildman–Crippen MR) is 42.3 cm³/mol. The summed E-state index contributed by atoms with van der Waals surface area (Å²) >= 11 is 0. The number of rotatable bonds is 3. The van der Waals surface area contributed by atoms with E-state index in [-0.39, 0.29) is 5.72 Å². The van der Waals surface area contributed by atoms with Gasteiger partial charge in [0.2, 0.25) is 0 Å². The van der Waals surface area contributed by atoms with Crippen molar-refractivity contribution in [3.05, 3.63) is 12.2 Å². The SMILES string of the molecule is CCCC1(OC)C=CC=N1. The summed E-state index contributed by atoms with van der Waals surface area (Å²) in [6.45, 7) is 2.13. The average molecular weight is 139 g/mol.